The molecule has 0 amide bonds. The molecule has 0 unspecified atom stereocenters. The second kappa shape index (κ2) is 2.58. The molecule has 2 heteroatoms. The van der Waals surface area contributed by atoms with Gasteiger partial charge >= 0.3 is 0 Å². The van der Waals surface area contributed by atoms with Crippen LogP contribution in [0.2, 0.25) is 0 Å². The average molecular weight is 124 g/mol. The van der Waals surface area contributed by atoms with E-state index in [2.05, 4.69) is 6.08 Å². The SMILES string of the molecule is COC1=CC[CH]C(O)=[C]1. The molecule has 1 rings (SSSR count). The van der Waals surface area contributed by atoms with E-state index in [1.807, 2.05) is 6.08 Å². The van der Waals surface area contributed by atoms with Gasteiger partial charge in [0.2, 0.25) is 0 Å². The van der Waals surface area contributed by atoms with E-state index in [1.54, 1.807) is 13.5 Å². The Morgan fingerprint density at radius 2 is 2.56 bits per heavy atom. The largest absolute Gasteiger partial charge is 0.511 e. The molecule has 2 radical (unpaired) electrons. The van der Waals surface area contributed by atoms with Crippen molar-refractivity contribution in [3.05, 3.63) is 30.1 Å². The first kappa shape index (κ1) is 6.20. The van der Waals surface area contributed by atoms with Crippen molar-refractivity contribution in [2.75, 3.05) is 7.11 Å². The average Bonchev–Trinajstić information content (AvgIpc) is 1.88. The number of hydrogen-bond donors (Lipinski definition) is 1. The summed E-state index contributed by atoms with van der Waals surface area (Å²) in [5, 5.41) is 8.84. The monoisotopic (exact) mass is 124 g/mol. The lowest BCUT2D eigenvalue weighted by atomic mass is 10.1. The summed E-state index contributed by atoms with van der Waals surface area (Å²) in [6, 6.07) is 0. The molecule has 0 bridgehead atoms. The Morgan fingerprint density at radius 1 is 1.78 bits per heavy atom. The zero-order valence-corrected chi connectivity index (χ0v) is 5.22. The van der Waals surface area contributed by atoms with Crippen molar-refractivity contribution in [3.63, 3.8) is 0 Å². The summed E-state index contributed by atoms with van der Waals surface area (Å²) in [6.45, 7) is 0. The van der Waals surface area contributed by atoms with E-state index in [1.165, 1.54) is 0 Å². The Bertz CT molecular complexity index is 156. The van der Waals surface area contributed by atoms with Crippen LogP contribution in [0.1, 0.15) is 6.42 Å². The number of methoxy groups -OCH3 is 1. The zero-order chi connectivity index (χ0) is 6.69. The first-order valence-corrected chi connectivity index (χ1v) is 2.73. The predicted molar refractivity (Wildman–Crippen MR) is 33.4 cm³/mol. The summed E-state index contributed by atoms with van der Waals surface area (Å²) in [6.07, 6.45) is 6.86. The van der Waals surface area contributed by atoms with Crippen molar-refractivity contribution in [2.24, 2.45) is 0 Å². The number of aliphatic hydroxyl groups excluding tert-OH is 1. The van der Waals surface area contributed by atoms with E-state index in [-0.39, 0.29) is 5.76 Å². The van der Waals surface area contributed by atoms with Crippen LogP contribution in [0.4, 0.5) is 0 Å². The molecule has 0 spiro atoms. The third-order valence-corrected chi connectivity index (χ3v) is 1.09. The number of rotatable bonds is 1. The van der Waals surface area contributed by atoms with Crippen LogP contribution in [0.15, 0.2) is 17.6 Å². The maximum Gasteiger partial charge on any atom is 0.126 e. The van der Waals surface area contributed by atoms with Gasteiger partial charge in [-0.25, -0.2) is 0 Å². The molecule has 0 saturated carbocycles. The lowest BCUT2D eigenvalue weighted by molar-refractivity contribution is 0.293. The van der Waals surface area contributed by atoms with Crippen LogP contribution in [0.5, 0.6) is 0 Å². The molecule has 0 saturated heterocycles. The van der Waals surface area contributed by atoms with Crippen LogP contribution in [0, 0.1) is 12.5 Å². The van der Waals surface area contributed by atoms with Crippen molar-refractivity contribution in [1.29, 1.82) is 0 Å². The molecule has 1 aliphatic carbocycles. The van der Waals surface area contributed by atoms with E-state index in [0.29, 0.717) is 5.76 Å². The molecule has 0 aliphatic heterocycles. The Kier molecular flexibility index (Phi) is 1.78. The van der Waals surface area contributed by atoms with E-state index in [4.69, 9.17) is 9.84 Å². The minimum absolute atomic E-state index is 0.161. The minimum Gasteiger partial charge on any atom is -0.511 e. The van der Waals surface area contributed by atoms with Gasteiger partial charge in [0.15, 0.2) is 0 Å². The molecule has 0 fully saturated rings. The second-order valence-electron chi connectivity index (χ2n) is 1.72. The molecular weight excluding hydrogens is 116 g/mol. The predicted octanol–water partition coefficient (Wildman–Crippen LogP) is 1.37. The van der Waals surface area contributed by atoms with Crippen LogP contribution in [-0.4, -0.2) is 12.2 Å². The Labute approximate surface area is 54.5 Å². The van der Waals surface area contributed by atoms with E-state index >= 15 is 0 Å². The van der Waals surface area contributed by atoms with E-state index in [9.17, 15) is 0 Å². The molecule has 0 aromatic heterocycles. The van der Waals surface area contributed by atoms with Crippen molar-refractivity contribution in [1.82, 2.24) is 0 Å². The van der Waals surface area contributed by atoms with Crippen molar-refractivity contribution >= 4 is 0 Å². The summed E-state index contributed by atoms with van der Waals surface area (Å²) >= 11 is 0. The van der Waals surface area contributed by atoms with Gasteiger partial charge in [0, 0.05) is 6.42 Å². The number of hydrogen-bond acceptors (Lipinski definition) is 2. The molecule has 1 aliphatic rings. The highest BCUT2D eigenvalue weighted by molar-refractivity contribution is 5.20. The molecule has 48 valence electrons. The normalized spacial score (nSPS) is 18.3. The summed E-state index contributed by atoms with van der Waals surface area (Å²) in [5.41, 5.74) is 0. The van der Waals surface area contributed by atoms with Gasteiger partial charge in [-0.2, -0.15) is 0 Å². The fraction of sp³-hybridized carbons (Fsp3) is 0.286. The highest BCUT2D eigenvalue weighted by Crippen LogP contribution is 2.12. The Morgan fingerprint density at radius 3 is 3.00 bits per heavy atom. The lowest BCUT2D eigenvalue weighted by Crippen LogP contribution is -1.94. The number of ether oxygens (including phenoxy) is 1. The smallest absolute Gasteiger partial charge is 0.126 e. The van der Waals surface area contributed by atoms with Gasteiger partial charge in [-0.05, 0) is 12.5 Å². The summed E-state index contributed by atoms with van der Waals surface area (Å²) in [5.74, 6) is 0.768. The highest BCUT2D eigenvalue weighted by Gasteiger charge is 2.03. The number of allylic oxidation sites excluding steroid dienone is 3. The van der Waals surface area contributed by atoms with Gasteiger partial charge in [-0.1, -0.05) is 0 Å². The summed E-state index contributed by atoms with van der Waals surface area (Å²) in [4.78, 5) is 0. The molecule has 0 heterocycles. The number of aliphatic hydroxyl groups is 1. The van der Waals surface area contributed by atoms with Gasteiger partial charge < -0.3 is 9.84 Å². The Balaban J connectivity index is 2.63. The molecule has 1 N–H and O–H groups in total. The van der Waals surface area contributed by atoms with Gasteiger partial charge in [-0.15, -0.1) is 0 Å². The molecule has 2 nitrogen and oxygen atoms in total. The second-order valence-corrected chi connectivity index (χ2v) is 1.72. The quantitative estimate of drug-likeness (QED) is 0.572. The molecular formula is C7H8O2. The van der Waals surface area contributed by atoms with Crippen LogP contribution >= 0.6 is 0 Å². The van der Waals surface area contributed by atoms with Crippen LogP contribution in [0.25, 0.3) is 0 Å². The van der Waals surface area contributed by atoms with Gasteiger partial charge in [0.1, 0.15) is 11.5 Å². The fourth-order valence-electron chi connectivity index (χ4n) is 0.640. The Hall–Kier alpha value is -0.920. The third kappa shape index (κ3) is 1.49. The van der Waals surface area contributed by atoms with Crippen LogP contribution in [0.3, 0.4) is 0 Å². The van der Waals surface area contributed by atoms with E-state index in [0.717, 1.165) is 6.42 Å². The zero-order valence-electron chi connectivity index (χ0n) is 5.22. The summed E-state index contributed by atoms with van der Waals surface area (Å²) in [7, 11) is 1.55. The highest BCUT2D eigenvalue weighted by atomic mass is 16.5. The summed E-state index contributed by atoms with van der Waals surface area (Å²) < 4.78 is 4.81. The standard InChI is InChI=1S/C7H8O2/c1-9-7-4-2-3-6(8)5-7/h3-4,8H,2H2,1H3. The fourth-order valence-corrected chi connectivity index (χ4v) is 0.640. The first-order valence-electron chi connectivity index (χ1n) is 2.73. The lowest BCUT2D eigenvalue weighted by Gasteiger charge is -2.05. The van der Waals surface area contributed by atoms with Crippen molar-refractivity contribution < 1.29 is 9.84 Å². The molecule has 0 atom stereocenters. The molecule has 9 heavy (non-hydrogen) atoms. The maximum atomic E-state index is 8.84. The van der Waals surface area contributed by atoms with Gasteiger partial charge in [0.05, 0.1) is 13.2 Å². The van der Waals surface area contributed by atoms with Crippen LogP contribution in [-0.2, 0) is 4.74 Å². The first-order chi connectivity index (χ1) is 4.33. The topological polar surface area (TPSA) is 29.5 Å². The molecule has 0 aromatic carbocycles. The van der Waals surface area contributed by atoms with E-state index < -0.39 is 0 Å². The van der Waals surface area contributed by atoms with Gasteiger partial charge in [-0.3, -0.25) is 0 Å². The minimum atomic E-state index is 0.161. The van der Waals surface area contributed by atoms with Crippen molar-refractivity contribution in [2.45, 2.75) is 6.42 Å². The van der Waals surface area contributed by atoms with Crippen molar-refractivity contribution in [3.8, 4) is 0 Å². The maximum absolute atomic E-state index is 8.84. The third-order valence-electron chi connectivity index (χ3n) is 1.09. The molecule has 0 aromatic rings. The van der Waals surface area contributed by atoms with Gasteiger partial charge in [0.25, 0.3) is 0 Å². The van der Waals surface area contributed by atoms with Crippen LogP contribution < -0.4 is 0 Å².